The highest BCUT2D eigenvalue weighted by atomic mass is 32.2. The van der Waals surface area contributed by atoms with Gasteiger partial charge in [-0.3, -0.25) is 14.3 Å². The second-order valence-electron chi connectivity index (χ2n) is 7.47. The molecule has 0 unspecified atom stereocenters. The van der Waals surface area contributed by atoms with E-state index in [0.717, 1.165) is 76.2 Å². The summed E-state index contributed by atoms with van der Waals surface area (Å²) in [5.41, 5.74) is 2.07. The number of carbonyl (C=O) groups excluding carboxylic acids is 1. The van der Waals surface area contributed by atoms with Crippen LogP contribution in [-0.2, 0) is 28.9 Å². The summed E-state index contributed by atoms with van der Waals surface area (Å²) in [5, 5.41) is 5.90. The molecular weight excluding hydrogens is 422 g/mol. The maximum atomic E-state index is 12.8. The second-order valence-corrected chi connectivity index (χ2v) is 9.32. The van der Waals surface area contributed by atoms with Gasteiger partial charge in [0.15, 0.2) is 5.13 Å². The van der Waals surface area contributed by atoms with Crippen molar-refractivity contribution in [1.29, 1.82) is 0 Å². The van der Waals surface area contributed by atoms with Gasteiger partial charge in [-0.15, -0.1) is 11.3 Å². The number of thiazole rings is 1. The number of amides is 1. The van der Waals surface area contributed by atoms with Crippen molar-refractivity contribution >= 4 is 34.1 Å². The number of nitrogens with zero attached hydrogens (tertiary/aromatic N) is 4. The van der Waals surface area contributed by atoms with Crippen LogP contribution in [0, 0.1) is 0 Å². The summed E-state index contributed by atoms with van der Waals surface area (Å²) in [7, 11) is 0. The summed E-state index contributed by atoms with van der Waals surface area (Å²) < 4.78 is 7.27. The van der Waals surface area contributed by atoms with E-state index >= 15 is 0 Å². The van der Waals surface area contributed by atoms with Crippen molar-refractivity contribution in [2.24, 2.45) is 0 Å². The number of nitrogens with one attached hydrogen (secondary N) is 1. The lowest BCUT2D eigenvalue weighted by Crippen LogP contribution is -2.38. The minimum atomic E-state index is -0.194. The molecule has 2 aromatic heterocycles. The maximum Gasteiger partial charge on any atom is 0.348 e. The molecule has 10 heteroatoms. The summed E-state index contributed by atoms with van der Waals surface area (Å²) >= 11 is 2.74. The Balaban J connectivity index is 1.41. The second kappa shape index (κ2) is 10.5. The van der Waals surface area contributed by atoms with E-state index in [9.17, 15) is 9.59 Å². The Morgan fingerprint density at radius 1 is 1.23 bits per heavy atom. The van der Waals surface area contributed by atoms with Crippen molar-refractivity contribution < 1.29 is 9.53 Å². The Labute approximate surface area is 184 Å². The molecule has 2 aliphatic rings. The summed E-state index contributed by atoms with van der Waals surface area (Å²) in [6.07, 6.45) is 6.60. The van der Waals surface area contributed by atoms with Crippen LogP contribution in [0.3, 0.4) is 0 Å². The predicted octanol–water partition coefficient (Wildman–Crippen LogP) is 2.03. The number of carbonyl (C=O) groups is 1. The molecule has 2 aromatic rings. The van der Waals surface area contributed by atoms with Crippen LogP contribution in [0.1, 0.15) is 30.5 Å². The van der Waals surface area contributed by atoms with Crippen molar-refractivity contribution in [2.75, 3.05) is 43.9 Å². The van der Waals surface area contributed by atoms with E-state index in [4.69, 9.17) is 4.74 Å². The first-order chi connectivity index (χ1) is 14.7. The van der Waals surface area contributed by atoms with Crippen LogP contribution in [0.25, 0.3) is 0 Å². The normalized spacial score (nSPS) is 16.9. The molecule has 1 saturated heterocycles. The minimum absolute atomic E-state index is 0.129. The molecular formula is C20H27N5O3S2. The maximum absolute atomic E-state index is 12.8. The molecule has 4 rings (SSSR count). The highest BCUT2D eigenvalue weighted by Crippen LogP contribution is 2.28. The number of fused-ring (bicyclic) bond motifs is 1. The topological polar surface area (TPSA) is 89.4 Å². The van der Waals surface area contributed by atoms with Crippen LogP contribution in [0.4, 0.5) is 5.13 Å². The fourth-order valence-corrected chi connectivity index (χ4v) is 5.37. The van der Waals surface area contributed by atoms with Gasteiger partial charge in [0.25, 0.3) is 0 Å². The van der Waals surface area contributed by atoms with E-state index < -0.39 is 0 Å². The number of rotatable bonds is 8. The molecule has 0 spiro atoms. The minimum Gasteiger partial charge on any atom is -0.379 e. The predicted molar refractivity (Wildman–Crippen MR) is 118 cm³/mol. The van der Waals surface area contributed by atoms with Gasteiger partial charge in [0, 0.05) is 49.0 Å². The zero-order chi connectivity index (χ0) is 20.8. The summed E-state index contributed by atoms with van der Waals surface area (Å²) in [4.78, 5) is 35.8. The van der Waals surface area contributed by atoms with Crippen molar-refractivity contribution in [3.05, 3.63) is 33.3 Å². The molecule has 3 heterocycles. The highest BCUT2D eigenvalue weighted by molar-refractivity contribution is 8.00. The third-order valence-electron chi connectivity index (χ3n) is 5.43. The smallest absolute Gasteiger partial charge is 0.348 e. The first-order valence-electron chi connectivity index (χ1n) is 10.5. The van der Waals surface area contributed by atoms with Gasteiger partial charge in [-0.2, -0.15) is 4.98 Å². The van der Waals surface area contributed by atoms with Crippen LogP contribution in [0.2, 0.25) is 0 Å². The summed E-state index contributed by atoms with van der Waals surface area (Å²) in [6.45, 7) is 5.17. The standard InChI is InChI=1S/C20H27N5O3S2/c26-17(22-19-21-6-13-29-19)14-30-18-15-4-1-2-5-16(15)25(20(27)23-18)8-3-7-24-9-11-28-12-10-24/h6,13H,1-5,7-12,14H2,(H,21,22,26). The summed E-state index contributed by atoms with van der Waals surface area (Å²) in [5.74, 6) is 0.0930. The van der Waals surface area contributed by atoms with Gasteiger partial charge in [0.1, 0.15) is 5.03 Å². The van der Waals surface area contributed by atoms with E-state index in [1.807, 2.05) is 9.95 Å². The van der Waals surface area contributed by atoms with E-state index in [0.29, 0.717) is 16.7 Å². The van der Waals surface area contributed by atoms with Gasteiger partial charge in [0.2, 0.25) is 5.91 Å². The quantitative estimate of drug-likeness (QED) is 0.487. The number of hydrogen-bond acceptors (Lipinski definition) is 8. The number of thioether (sulfide) groups is 1. The van der Waals surface area contributed by atoms with Gasteiger partial charge >= 0.3 is 5.69 Å². The molecule has 0 radical (unpaired) electrons. The Hall–Kier alpha value is -1.75. The van der Waals surface area contributed by atoms with Crippen LogP contribution >= 0.6 is 23.1 Å². The largest absolute Gasteiger partial charge is 0.379 e. The van der Waals surface area contributed by atoms with E-state index in [-0.39, 0.29) is 17.3 Å². The fourth-order valence-electron chi connectivity index (χ4n) is 3.95. The summed E-state index contributed by atoms with van der Waals surface area (Å²) in [6, 6.07) is 0. The van der Waals surface area contributed by atoms with Gasteiger partial charge in [-0.1, -0.05) is 11.8 Å². The Bertz CT molecular complexity index is 910. The Morgan fingerprint density at radius 3 is 2.87 bits per heavy atom. The SMILES string of the molecule is O=C(CSc1nc(=O)n(CCCN2CCOCC2)c2c1CCCC2)Nc1nccs1. The van der Waals surface area contributed by atoms with Gasteiger partial charge in [0.05, 0.1) is 19.0 Å². The first-order valence-corrected chi connectivity index (χ1v) is 12.3. The molecule has 162 valence electrons. The van der Waals surface area contributed by atoms with Crippen LogP contribution in [0.15, 0.2) is 21.4 Å². The Morgan fingerprint density at radius 2 is 2.07 bits per heavy atom. The number of anilines is 1. The van der Waals surface area contributed by atoms with E-state index in [1.54, 1.807) is 6.20 Å². The highest BCUT2D eigenvalue weighted by Gasteiger charge is 2.21. The van der Waals surface area contributed by atoms with Crippen LogP contribution < -0.4 is 11.0 Å². The van der Waals surface area contributed by atoms with Crippen molar-refractivity contribution in [2.45, 2.75) is 43.7 Å². The first kappa shape index (κ1) is 21.5. The molecule has 1 aliphatic carbocycles. The number of hydrogen-bond donors (Lipinski definition) is 1. The van der Waals surface area contributed by atoms with E-state index in [2.05, 4.69) is 20.2 Å². The molecule has 0 aromatic carbocycles. The monoisotopic (exact) mass is 449 g/mol. The number of morpholine rings is 1. The van der Waals surface area contributed by atoms with Crippen LogP contribution in [-0.4, -0.2) is 63.9 Å². The molecule has 1 fully saturated rings. The molecule has 0 atom stereocenters. The third-order valence-corrected chi connectivity index (χ3v) is 7.14. The molecule has 30 heavy (non-hydrogen) atoms. The van der Waals surface area contributed by atoms with Crippen molar-refractivity contribution in [3.63, 3.8) is 0 Å². The fraction of sp³-hybridized carbons (Fsp3) is 0.600. The van der Waals surface area contributed by atoms with Gasteiger partial charge in [-0.25, -0.2) is 9.78 Å². The molecule has 1 N–H and O–H groups in total. The lowest BCUT2D eigenvalue weighted by molar-refractivity contribution is -0.113. The average Bonchev–Trinajstić information content (AvgIpc) is 3.27. The van der Waals surface area contributed by atoms with E-state index in [1.165, 1.54) is 23.1 Å². The van der Waals surface area contributed by atoms with Crippen molar-refractivity contribution in [1.82, 2.24) is 19.4 Å². The zero-order valence-electron chi connectivity index (χ0n) is 17.0. The number of ether oxygens (including phenoxy) is 1. The number of aromatic nitrogens is 3. The van der Waals surface area contributed by atoms with Crippen LogP contribution in [0.5, 0.6) is 0 Å². The van der Waals surface area contributed by atoms with Gasteiger partial charge < -0.3 is 10.1 Å². The van der Waals surface area contributed by atoms with Crippen molar-refractivity contribution in [3.8, 4) is 0 Å². The molecule has 0 bridgehead atoms. The third kappa shape index (κ3) is 5.48. The lowest BCUT2D eigenvalue weighted by Gasteiger charge is -2.27. The lowest BCUT2D eigenvalue weighted by atomic mass is 9.97. The zero-order valence-corrected chi connectivity index (χ0v) is 18.6. The molecule has 8 nitrogen and oxygen atoms in total. The Kier molecular flexibility index (Phi) is 7.53. The molecule has 1 aliphatic heterocycles. The van der Waals surface area contributed by atoms with Gasteiger partial charge in [-0.05, 0) is 32.1 Å². The molecule has 0 saturated carbocycles. The molecule has 1 amide bonds. The average molecular weight is 450 g/mol.